The van der Waals surface area contributed by atoms with Gasteiger partial charge in [-0.1, -0.05) is 30.8 Å². The number of halogens is 3. The summed E-state index contributed by atoms with van der Waals surface area (Å²) in [6.45, 7) is 3.47. The Balaban J connectivity index is 1.99. The van der Waals surface area contributed by atoms with Gasteiger partial charge >= 0.3 is 6.18 Å². The first-order valence-electron chi connectivity index (χ1n) is 8.42. The monoisotopic (exact) mass is 382 g/mol. The van der Waals surface area contributed by atoms with Gasteiger partial charge < -0.3 is 14.9 Å². The molecular weight excluding hydrogens is 361 g/mol. The minimum Gasteiger partial charge on any atom is -0.390 e. The molecule has 0 fully saturated rings. The highest BCUT2D eigenvalue weighted by molar-refractivity contribution is 7.99. The van der Waals surface area contributed by atoms with E-state index in [0.717, 1.165) is 28.1 Å². The molecule has 1 aliphatic rings. The number of alkyl halides is 3. The number of nitrogens with zero attached hydrogens (tertiary/aromatic N) is 2. The van der Waals surface area contributed by atoms with Gasteiger partial charge in [-0.2, -0.15) is 13.2 Å². The van der Waals surface area contributed by atoms with Crippen LogP contribution in [-0.4, -0.2) is 42.8 Å². The van der Waals surface area contributed by atoms with Crippen LogP contribution in [0, 0.1) is 0 Å². The molecule has 7 heteroatoms. The predicted molar refractivity (Wildman–Crippen MR) is 98.2 cm³/mol. The summed E-state index contributed by atoms with van der Waals surface area (Å²) in [5, 5.41) is 10.5. The SMILES string of the molecule is CCN(C)CC(O)CN1c2ccccc2Sc2ccc(C(F)(F)F)cc21. The minimum atomic E-state index is -4.40. The maximum Gasteiger partial charge on any atom is 0.416 e. The summed E-state index contributed by atoms with van der Waals surface area (Å²) in [5.41, 5.74) is 0.630. The molecule has 0 aromatic heterocycles. The number of para-hydroxylation sites is 1. The first-order valence-corrected chi connectivity index (χ1v) is 9.23. The number of hydrogen-bond acceptors (Lipinski definition) is 4. The highest BCUT2D eigenvalue weighted by Crippen LogP contribution is 2.49. The summed E-state index contributed by atoms with van der Waals surface area (Å²) in [5.74, 6) is 0. The lowest BCUT2D eigenvalue weighted by Gasteiger charge is -2.35. The molecule has 3 nitrogen and oxygen atoms in total. The molecule has 0 aliphatic carbocycles. The van der Waals surface area contributed by atoms with E-state index in [2.05, 4.69) is 0 Å². The van der Waals surface area contributed by atoms with Gasteiger partial charge in [0, 0.05) is 16.3 Å². The van der Waals surface area contributed by atoms with E-state index in [1.807, 2.05) is 43.1 Å². The van der Waals surface area contributed by atoms with Crippen molar-refractivity contribution in [3.05, 3.63) is 48.0 Å². The van der Waals surface area contributed by atoms with Gasteiger partial charge in [0.15, 0.2) is 0 Å². The van der Waals surface area contributed by atoms with Gasteiger partial charge in [-0.05, 0) is 43.9 Å². The minimum absolute atomic E-state index is 0.232. The van der Waals surface area contributed by atoms with Gasteiger partial charge in [-0.3, -0.25) is 0 Å². The number of anilines is 2. The van der Waals surface area contributed by atoms with Crippen molar-refractivity contribution in [3.8, 4) is 0 Å². The first-order chi connectivity index (χ1) is 12.3. The highest BCUT2D eigenvalue weighted by Gasteiger charge is 2.33. The molecule has 0 amide bonds. The zero-order valence-corrected chi connectivity index (χ0v) is 15.4. The van der Waals surface area contributed by atoms with Crippen molar-refractivity contribution in [1.82, 2.24) is 4.90 Å². The standard InChI is InChI=1S/C19H21F3N2OS/c1-3-23(2)11-14(25)12-24-15-6-4-5-7-17(15)26-18-9-8-13(10-16(18)24)19(20,21)22/h4-10,14,25H,3,11-12H2,1-2H3. The normalized spacial score (nSPS) is 15.0. The molecule has 0 spiro atoms. The van der Waals surface area contributed by atoms with Gasteiger partial charge in [-0.25, -0.2) is 0 Å². The first kappa shape index (κ1) is 19.1. The third-order valence-corrected chi connectivity index (χ3v) is 5.54. The van der Waals surface area contributed by atoms with Crippen LogP contribution in [0.1, 0.15) is 12.5 Å². The Morgan fingerprint density at radius 2 is 1.81 bits per heavy atom. The fourth-order valence-electron chi connectivity index (χ4n) is 2.96. The van der Waals surface area contributed by atoms with Crippen molar-refractivity contribution in [2.75, 3.05) is 31.6 Å². The van der Waals surface area contributed by atoms with Crippen molar-refractivity contribution >= 4 is 23.1 Å². The molecule has 0 saturated heterocycles. The smallest absolute Gasteiger partial charge is 0.390 e. The van der Waals surface area contributed by atoms with Crippen molar-refractivity contribution < 1.29 is 18.3 Å². The van der Waals surface area contributed by atoms with Crippen LogP contribution in [0.5, 0.6) is 0 Å². The van der Waals surface area contributed by atoms with E-state index in [0.29, 0.717) is 12.2 Å². The van der Waals surface area contributed by atoms with Gasteiger partial charge in [0.1, 0.15) is 0 Å². The largest absolute Gasteiger partial charge is 0.416 e. The molecule has 0 radical (unpaired) electrons. The second-order valence-electron chi connectivity index (χ2n) is 6.37. The predicted octanol–water partition coefficient (Wildman–Crippen LogP) is 4.62. The van der Waals surface area contributed by atoms with E-state index in [4.69, 9.17) is 0 Å². The van der Waals surface area contributed by atoms with Crippen LogP contribution in [-0.2, 0) is 6.18 Å². The van der Waals surface area contributed by atoms with E-state index in [1.165, 1.54) is 23.9 Å². The van der Waals surface area contributed by atoms with Crippen LogP contribution < -0.4 is 4.90 Å². The molecule has 3 rings (SSSR count). The molecule has 26 heavy (non-hydrogen) atoms. The quantitative estimate of drug-likeness (QED) is 0.816. The Morgan fingerprint density at radius 3 is 2.50 bits per heavy atom. The fraction of sp³-hybridized carbons (Fsp3) is 0.368. The summed E-state index contributed by atoms with van der Waals surface area (Å²) in [6, 6.07) is 11.4. The van der Waals surface area contributed by atoms with Gasteiger partial charge in [0.25, 0.3) is 0 Å². The number of benzene rings is 2. The van der Waals surface area contributed by atoms with Crippen molar-refractivity contribution in [3.63, 3.8) is 0 Å². The lowest BCUT2D eigenvalue weighted by molar-refractivity contribution is -0.137. The Morgan fingerprint density at radius 1 is 1.12 bits per heavy atom. The van der Waals surface area contributed by atoms with Crippen LogP contribution in [0.15, 0.2) is 52.3 Å². The van der Waals surface area contributed by atoms with E-state index >= 15 is 0 Å². The molecule has 1 unspecified atom stereocenters. The molecule has 0 saturated carbocycles. The average Bonchev–Trinajstić information content (AvgIpc) is 2.60. The van der Waals surface area contributed by atoms with Crippen molar-refractivity contribution in [2.45, 2.75) is 29.0 Å². The third-order valence-electron chi connectivity index (χ3n) is 4.41. The number of rotatable bonds is 5. The van der Waals surface area contributed by atoms with E-state index < -0.39 is 17.8 Å². The summed E-state index contributed by atoms with van der Waals surface area (Å²) in [4.78, 5) is 5.50. The van der Waals surface area contributed by atoms with Crippen LogP contribution in [0.4, 0.5) is 24.5 Å². The topological polar surface area (TPSA) is 26.7 Å². The van der Waals surface area contributed by atoms with Crippen LogP contribution in [0.25, 0.3) is 0 Å². The lowest BCUT2D eigenvalue weighted by atomic mass is 10.1. The summed E-state index contributed by atoms with van der Waals surface area (Å²) < 4.78 is 39.5. The maximum absolute atomic E-state index is 13.2. The van der Waals surface area contributed by atoms with Gasteiger partial charge in [0.2, 0.25) is 0 Å². The number of β-amino-alcohol motifs (C(OH)–C–C–N with tert-alkyl or cyclic N) is 1. The van der Waals surface area contributed by atoms with E-state index in [1.54, 1.807) is 4.90 Å². The number of hydrogen-bond donors (Lipinski definition) is 1. The van der Waals surface area contributed by atoms with E-state index in [9.17, 15) is 18.3 Å². The average molecular weight is 382 g/mol. The summed E-state index contributed by atoms with van der Waals surface area (Å²) in [6.07, 6.45) is -5.08. The molecule has 140 valence electrons. The molecule has 1 aliphatic heterocycles. The van der Waals surface area contributed by atoms with Crippen LogP contribution in [0.2, 0.25) is 0 Å². The fourth-order valence-corrected chi connectivity index (χ4v) is 4.04. The number of fused-ring (bicyclic) bond motifs is 2. The molecule has 1 N–H and O–H groups in total. The zero-order valence-electron chi connectivity index (χ0n) is 14.6. The Kier molecular flexibility index (Phi) is 5.50. The van der Waals surface area contributed by atoms with Crippen molar-refractivity contribution in [1.29, 1.82) is 0 Å². The summed E-state index contributed by atoms with van der Waals surface area (Å²) in [7, 11) is 1.90. The second-order valence-corrected chi connectivity index (χ2v) is 7.45. The van der Waals surface area contributed by atoms with Crippen LogP contribution in [0.3, 0.4) is 0 Å². The number of aliphatic hydroxyl groups is 1. The zero-order chi connectivity index (χ0) is 18.9. The summed E-state index contributed by atoms with van der Waals surface area (Å²) >= 11 is 1.45. The molecule has 2 aromatic rings. The maximum atomic E-state index is 13.2. The Hall–Kier alpha value is -1.70. The molecule has 1 atom stereocenters. The van der Waals surface area contributed by atoms with Gasteiger partial charge in [-0.15, -0.1) is 0 Å². The molecular formula is C19H21F3N2OS. The Bertz CT molecular complexity index is 782. The second kappa shape index (κ2) is 7.50. The number of likely N-dealkylation sites (N-methyl/N-ethyl adjacent to an activating group) is 1. The number of aliphatic hydroxyl groups excluding tert-OH is 1. The van der Waals surface area contributed by atoms with Gasteiger partial charge in [0.05, 0.1) is 29.6 Å². The van der Waals surface area contributed by atoms with E-state index in [-0.39, 0.29) is 6.54 Å². The van der Waals surface area contributed by atoms with Crippen molar-refractivity contribution in [2.24, 2.45) is 0 Å². The molecule has 0 bridgehead atoms. The molecule has 1 heterocycles. The highest BCUT2D eigenvalue weighted by atomic mass is 32.2. The van der Waals surface area contributed by atoms with Crippen LogP contribution >= 0.6 is 11.8 Å². The Labute approximate surface area is 155 Å². The molecule has 2 aromatic carbocycles. The lowest BCUT2D eigenvalue weighted by Crippen LogP contribution is -2.38. The third kappa shape index (κ3) is 4.00.